The van der Waals surface area contributed by atoms with Crippen molar-refractivity contribution in [2.24, 2.45) is 7.05 Å². The van der Waals surface area contributed by atoms with E-state index in [-0.39, 0.29) is 12.5 Å². The molecule has 4 aromatic rings. The van der Waals surface area contributed by atoms with E-state index in [0.717, 1.165) is 17.5 Å². The van der Waals surface area contributed by atoms with Crippen molar-refractivity contribution in [2.45, 2.75) is 13.0 Å². The van der Waals surface area contributed by atoms with E-state index in [1.165, 1.54) is 0 Å². The molecule has 32 heavy (non-hydrogen) atoms. The molecular weight excluding hydrogens is 412 g/mol. The molecule has 0 radical (unpaired) electrons. The Morgan fingerprint density at radius 3 is 2.69 bits per heavy atom. The Bertz CT molecular complexity index is 1250. The molecule has 0 atom stereocenters. The molecule has 0 spiro atoms. The van der Waals surface area contributed by atoms with Crippen molar-refractivity contribution in [3.63, 3.8) is 0 Å². The molecular formula is C23H20N4O5. The molecule has 5 rings (SSSR count). The zero-order valence-corrected chi connectivity index (χ0v) is 17.4. The predicted molar refractivity (Wildman–Crippen MR) is 113 cm³/mol. The summed E-state index contributed by atoms with van der Waals surface area (Å²) in [6.07, 6.45) is 2.43. The highest BCUT2D eigenvalue weighted by Crippen LogP contribution is 2.35. The Morgan fingerprint density at radius 2 is 1.84 bits per heavy atom. The van der Waals surface area contributed by atoms with Crippen LogP contribution in [0.4, 0.5) is 0 Å². The molecule has 0 unspecified atom stereocenters. The van der Waals surface area contributed by atoms with Crippen LogP contribution in [-0.2, 0) is 18.4 Å². The number of ether oxygens (including phenoxy) is 3. The Morgan fingerprint density at radius 1 is 1.03 bits per heavy atom. The second-order valence-corrected chi connectivity index (χ2v) is 7.22. The van der Waals surface area contributed by atoms with Gasteiger partial charge in [-0.3, -0.25) is 4.68 Å². The van der Waals surface area contributed by atoms with E-state index in [2.05, 4.69) is 15.3 Å². The molecule has 0 saturated carbocycles. The molecule has 0 saturated heterocycles. The molecule has 0 aliphatic carbocycles. The van der Waals surface area contributed by atoms with Crippen molar-refractivity contribution >= 4 is 5.97 Å². The minimum atomic E-state index is -0.542. The van der Waals surface area contributed by atoms with Gasteiger partial charge in [-0.15, -0.1) is 10.2 Å². The minimum absolute atomic E-state index is 0.145. The summed E-state index contributed by atoms with van der Waals surface area (Å²) in [5, 5.41) is 12.4. The summed E-state index contributed by atoms with van der Waals surface area (Å²) in [6, 6.07) is 14.9. The first-order chi connectivity index (χ1) is 15.7. The van der Waals surface area contributed by atoms with Crippen molar-refractivity contribution in [1.29, 1.82) is 0 Å². The van der Waals surface area contributed by atoms with Crippen molar-refractivity contribution in [3.05, 3.63) is 66.2 Å². The van der Waals surface area contributed by atoms with Crippen molar-refractivity contribution in [3.8, 4) is 34.2 Å². The molecule has 2 aromatic carbocycles. The summed E-state index contributed by atoms with van der Waals surface area (Å²) in [5.41, 5.74) is 2.33. The molecule has 0 N–H and O–H groups in total. The number of carbonyl (C=O) groups is 1. The normalized spacial score (nSPS) is 12.9. The average molecular weight is 432 g/mol. The third-order valence-electron chi connectivity index (χ3n) is 4.88. The number of fused-ring (bicyclic) bond motifs is 1. The Labute approximate surface area is 183 Å². The third-order valence-corrected chi connectivity index (χ3v) is 4.88. The fourth-order valence-electron chi connectivity index (χ4n) is 3.38. The van der Waals surface area contributed by atoms with Gasteiger partial charge >= 0.3 is 5.97 Å². The van der Waals surface area contributed by atoms with Gasteiger partial charge in [0.25, 0.3) is 5.89 Å². The van der Waals surface area contributed by atoms with E-state index >= 15 is 0 Å². The van der Waals surface area contributed by atoms with Crippen LogP contribution in [0.5, 0.6) is 11.5 Å². The number of nitrogens with zero attached hydrogens (tertiary/aromatic N) is 4. The van der Waals surface area contributed by atoms with Gasteiger partial charge in [-0.05, 0) is 30.3 Å². The lowest BCUT2D eigenvalue weighted by Crippen LogP contribution is -2.06. The van der Waals surface area contributed by atoms with Gasteiger partial charge in [0.05, 0.1) is 13.2 Å². The van der Waals surface area contributed by atoms with E-state index in [1.54, 1.807) is 17.9 Å². The first kappa shape index (κ1) is 19.8. The van der Waals surface area contributed by atoms with Gasteiger partial charge in [-0.25, -0.2) is 4.79 Å². The highest BCUT2D eigenvalue weighted by atomic mass is 16.5. The fourth-order valence-corrected chi connectivity index (χ4v) is 3.38. The maximum atomic E-state index is 12.8. The molecule has 0 amide bonds. The van der Waals surface area contributed by atoms with Crippen LogP contribution in [0.25, 0.3) is 22.7 Å². The van der Waals surface area contributed by atoms with Crippen LogP contribution < -0.4 is 9.47 Å². The number of aromatic nitrogens is 4. The molecule has 9 heteroatoms. The van der Waals surface area contributed by atoms with E-state index < -0.39 is 5.97 Å². The molecule has 0 bridgehead atoms. The summed E-state index contributed by atoms with van der Waals surface area (Å²) < 4.78 is 24.0. The standard InChI is InChI=1S/C23H20N4O5/c1-27-13-17(21(26-27)16-8-9-18-19(12-16)30-11-5-10-29-18)23(28)31-14-20-24-25-22(32-20)15-6-3-2-4-7-15/h2-4,6-9,12-13H,5,10-11,14H2,1H3. The smallest absolute Gasteiger partial charge is 0.342 e. The van der Waals surface area contributed by atoms with E-state index in [4.69, 9.17) is 18.6 Å². The maximum Gasteiger partial charge on any atom is 0.342 e. The predicted octanol–water partition coefficient (Wildman–Crippen LogP) is 3.66. The van der Waals surface area contributed by atoms with Crippen LogP contribution in [-0.4, -0.2) is 39.2 Å². The van der Waals surface area contributed by atoms with Gasteiger partial charge in [0.1, 0.15) is 11.3 Å². The van der Waals surface area contributed by atoms with Gasteiger partial charge in [-0.2, -0.15) is 5.10 Å². The van der Waals surface area contributed by atoms with Gasteiger partial charge in [0, 0.05) is 30.8 Å². The number of benzene rings is 2. The van der Waals surface area contributed by atoms with E-state index in [0.29, 0.717) is 41.9 Å². The molecule has 3 heterocycles. The van der Waals surface area contributed by atoms with Gasteiger partial charge in [0.15, 0.2) is 18.1 Å². The zero-order valence-electron chi connectivity index (χ0n) is 17.4. The van der Waals surface area contributed by atoms with Crippen LogP contribution in [0.2, 0.25) is 0 Å². The zero-order chi connectivity index (χ0) is 21.9. The van der Waals surface area contributed by atoms with Crippen LogP contribution >= 0.6 is 0 Å². The monoisotopic (exact) mass is 432 g/mol. The average Bonchev–Trinajstić information content (AvgIpc) is 3.38. The maximum absolute atomic E-state index is 12.8. The van der Waals surface area contributed by atoms with Gasteiger partial charge in [0.2, 0.25) is 5.89 Å². The van der Waals surface area contributed by atoms with Crippen LogP contribution in [0.3, 0.4) is 0 Å². The summed E-state index contributed by atoms with van der Waals surface area (Å²) in [4.78, 5) is 12.8. The highest BCUT2D eigenvalue weighted by Gasteiger charge is 2.21. The number of esters is 1. The highest BCUT2D eigenvalue weighted by molar-refractivity contribution is 5.96. The van der Waals surface area contributed by atoms with Crippen LogP contribution in [0.15, 0.2) is 59.1 Å². The lowest BCUT2D eigenvalue weighted by molar-refractivity contribution is 0.0439. The molecule has 162 valence electrons. The summed E-state index contributed by atoms with van der Waals surface area (Å²) in [7, 11) is 1.74. The molecule has 1 aliphatic rings. The number of rotatable bonds is 5. The third kappa shape index (κ3) is 4.04. The lowest BCUT2D eigenvalue weighted by Gasteiger charge is -2.09. The van der Waals surface area contributed by atoms with Gasteiger partial charge < -0.3 is 18.6 Å². The Hall–Kier alpha value is -4.14. The Kier molecular flexibility index (Phi) is 5.29. The number of aryl methyl sites for hydroxylation is 1. The summed E-state index contributed by atoms with van der Waals surface area (Å²) in [6.45, 7) is 1.03. The van der Waals surface area contributed by atoms with E-state index in [1.807, 2.05) is 48.5 Å². The minimum Gasteiger partial charge on any atom is -0.490 e. The summed E-state index contributed by atoms with van der Waals surface area (Å²) in [5.74, 6) is 1.34. The first-order valence-electron chi connectivity index (χ1n) is 10.2. The lowest BCUT2D eigenvalue weighted by atomic mass is 10.1. The second-order valence-electron chi connectivity index (χ2n) is 7.22. The molecule has 2 aromatic heterocycles. The number of hydrogen-bond acceptors (Lipinski definition) is 8. The quantitative estimate of drug-likeness (QED) is 0.441. The topological polar surface area (TPSA) is 102 Å². The Balaban J connectivity index is 1.33. The van der Waals surface area contributed by atoms with Crippen LogP contribution in [0.1, 0.15) is 22.7 Å². The van der Waals surface area contributed by atoms with Crippen molar-refractivity contribution in [2.75, 3.05) is 13.2 Å². The number of hydrogen-bond donors (Lipinski definition) is 0. The summed E-state index contributed by atoms with van der Waals surface area (Å²) >= 11 is 0. The first-order valence-corrected chi connectivity index (χ1v) is 10.2. The molecule has 0 fully saturated rings. The van der Waals surface area contributed by atoms with Crippen LogP contribution in [0, 0.1) is 0 Å². The van der Waals surface area contributed by atoms with Crippen molar-refractivity contribution in [1.82, 2.24) is 20.0 Å². The second kappa shape index (κ2) is 8.54. The van der Waals surface area contributed by atoms with E-state index in [9.17, 15) is 4.79 Å². The van der Waals surface area contributed by atoms with Crippen molar-refractivity contribution < 1.29 is 23.4 Å². The molecule has 9 nitrogen and oxygen atoms in total. The molecule has 1 aliphatic heterocycles. The SMILES string of the molecule is Cn1cc(C(=O)OCc2nnc(-c3ccccc3)o2)c(-c2ccc3c(c2)OCCCO3)n1. The largest absolute Gasteiger partial charge is 0.490 e. The van der Waals surface area contributed by atoms with Gasteiger partial charge in [-0.1, -0.05) is 18.2 Å². The fraction of sp³-hybridized carbons (Fsp3) is 0.217. The number of carbonyl (C=O) groups excluding carboxylic acids is 1.